The summed E-state index contributed by atoms with van der Waals surface area (Å²) in [5.41, 5.74) is 0. The highest BCUT2D eigenvalue weighted by Crippen LogP contribution is 2.38. The standard InChI is InChI=1S/C21H40O2/c1-3-4-11-18(2)12-9-14-20-16-10-15-19(20)13-7-5-6-8-17-21(22)23/h18-20H,3-17H2,1-2H3,(H,22,23)/t18-,19-,20-/m0/s1. The molecular formula is C21H40O2. The van der Waals surface area contributed by atoms with E-state index in [4.69, 9.17) is 5.11 Å². The van der Waals surface area contributed by atoms with Crippen LogP contribution in [0.1, 0.15) is 110 Å². The van der Waals surface area contributed by atoms with Crippen molar-refractivity contribution in [2.24, 2.45) is 17.8 Å². The SMILES string of the molecule is CCCC[C@H](C)CCC[C@H]1CCC[C@@H]1CCCCCCC(=O)O. The Labute approximate surface area is 144 Å². The molecule has 0 saturated heterocycles. The molecule has 2 nitrogen and oxygen atoms in total. The van der Waals surface area contributed by atoms with Crippen molar-refractivity contribution in [2.45, 2.75) is 110 Å². The molecule has 2 heteroatoms. The molecule has 0 unspecified atom stereocenters. The smallest absolute Gasteiger partial charge is 0.303 e. The first kappa shape index (κ1) is 20.5. The van der Waals surface area contributed by atoms with Crippen molar-refractivity contribution in [3.63, 3.8) is 0 Å². The lowest BCUT2D eigenvalue weighted by atomic mass is 9.85. The first-order valence-electron chi connectivity index (χ1n) is 10.3. The lowest BCUT2D eigenvalue weighted by Gasteiger charge is -2.20. The Kier molecular flexibility index (Phi) is 11.5. The first-order chi connectivity index (χ1) is 11.1. The Hall–Kier alpha value is -0.530. The van der Waals surface area contributed by atoms with Crippen molar-refractivity contribution >= 4 is 5.97 Å². The van der Waals surface area contributed by atoms with Crippen molar-refractivity contribution in [3.05, 3.63) is 0 Å². The number of rotatable bonds is 14. The van der Waals surface area contributed by atoms with Crippen LogP contribution in [0.4, 0.5) is 0 Å². The Morgan fingerprint density at radius 1 is 0.957 bits per heavy atom. The second-order valence-corrected chi connectivity index (χ2v) is 7.98. The van der Waals surface area contributed by atoms with E-state index in [1.807, 2.05) is 0 Å². The van der Waals surface area contributed by atoms with Crippen LogP contribution in [-0.4, -0.2) is 11.1 Å². The van der Waals surface area contributed by atoms with Gasteiger partial charge >= 0.3 is 5.97 Å². The fraction of sp³-hybridized carbons (Fsp3) is 0.952. The monoisotopic (exact) mass is 324 g/mol. The molecule has 136 valence electrons. The highest BCUT2D eigenvalue weighted by Gasteiger charge is 2.26. The van der Waals surface area contributed by atoms with Crippen LogP contribution >= 0.6 is 0 Å². The van der Waals surface area contributed by atoms with Gasteiger partial charge in [-0.3, -0.25) is 4.79 Å². The third kappa shape index (κ3) is 10.0. The zero-order valence-electron chi connectivity index (χ0n) is 15.7. The molecule has 1 fully saturated rings. The molecule has 0 aliphatic heterocycles. The Morgan fingerprint density at radius 3 is 2.22 bits per heavy atom. The minimum Gasteiger partial charge on any atom is -0.481 e. The zero-order valence-corrected chi connectivity index (χ0v) is 15.7. The van der Waals surface area contributed by atoms with E-state index >= 15 is 0 Å². The second-order valence-electron chi connectivity index (χ2n) is 7.98. The summed E-state index contributed by atoms with van der Waals surface area (Å²) in [5.74, 6) is 2.24. The Morgan fingerprint density at radius 2 is 1.57 bits per heavy atom. The topological polar surface area (TPSA) is 37.3 Å². The molecule has 1 aliphatic rings. The Balaban J connectivity index is 2.05. The highest BCUT2D eigenvalue weighted by molar-refractivity contribution is 5.66. The zero-order chi connectivity index (χ0) is 16.9. The largest absolute Gasteiger partial charge is 0.481 e. The van der Waals surface area contributed by atoms with Gasteiger partial charge in [-0.1, -0.05) is 97.3 Å². The normalized spacial score (nSPS) is 22.3. The molecule has 0 bridgehead atoms. The number of carboxylic acids is 1. The predicted molar refractivity (Wildman–Crippen MR) is 98.7 cm³/mol. The maximum absolute atomic E-state index is 10.5. The maximum Gasteiger partial charge on any atom is 0.303 e. The van der Waals surface area contributed by atoms with E-state index in [9.17, 15) is 4.79 Å². The van der Waals surface area contributed by atoms with Crippen LogP contribution < -0.4 is 0 Å². The first-order valence-corrected chi connectivity index (χ1v) is 10.3. The molecule has 0 spiro atoms. The number of hydrogen-bond acceptors (Lipinski definition) is 1. The average Bonchev–Trinajstić information content (AvgIpc) is 2.96. The minimum absolute atomic E-state index is 0.349. The molecule has 1 rings (SSSR count). The van der Waals surface area contributed by atoms with Crippen molar-refractivity contribution in [1.29, 1.82) is 0 Å². The molecule has 0 aromatic heterocycles. The summed E-state index contributed by atoms with van der Waals surface area (Å²) < 4.78 is 0. The summed E-state index contributed by atoms with van der Waals surface area (Å²) in [6.45, 7) is 4.72. The van der Waals surface area contributed by atoms with Crippen molar-refractivity contribution in [3.8, 4) is 0 Å². The minimum atomic E-state index is -0.644. The molecule has 0 amide bonds. The van der Waals surface area contributed by atoms with Crippen LogP contribution in [0, 0.1) is 17.8 Å². The fourth-order valence-corrected chi connectivity index (χ4v) is 4.34. The van der Waals surface area contributed by atoms with E-state index < -0.39 is 5.97 Å². The number of unbranched alkanes of at least 4 members (excludes halogenated alkanes) is 4. The molecule has 0 aromatic rings. The van der Waals surface area contributed by atoms with Gasteiger partial charge in [-0.25, -0.2) is 0 Å². The lowest BCUT2D eigenvalue weighted by Crippen LogP contribution is -2.09. The van der Waals surface area contributed by atoms with Crippen LogP contribution in [0.25, 0.3) is 0 Å². The van der Waals surface area contributed by atoms with Crippen molar-refractivity contribution in [2.75, 3.05) is 0 Å². The predicted octanol–water partition coefficient (Wildman–Crippen LogP) is 6.82. The molecular weight excluding hydrogens is 284 g/mol. The van der Waals surface area contributed by atoms with Gasteiger partial charge in [-0.15, -0.1) is 0 Å². The van der Waals surface area contributed by atoms with Crippen molar-refractivity contribution < 1.29 is 9.90 Å². The van der Waals surface area contributed by atoms with Crippen LogP contribution in [-0.2, 0) is 4.79 Å². The van der Waals surface area contributed by atoms with Gasteiger partial charge in [0.1, 0.15) is 0 Å². The van der Waals surface area contributed by atoms with Crippen LogP contribution in [0.3, 0.4) is 0 Å². The summed E-state index contributed by atoms with van der Waals surface area (Å²) in [6.07, 6.45) is 19.1. The van der Waals surface area contributed by atoms with Crippen LogP contribution in [0.15, 0.2) is 0 Å². The molecule has 0 radical (unpaired) electrons. The summed E-state index contributed by atoms with van der Waals surface area (Å²) in [7, 11) is 0. The number of hydrogen-bond donors (Lipinski definition) is 1. The number of carboxylic acid groups (broad SMARTS) is 1. The summed E-state index contributed by atoms with van der Waals surface area (Å²) in [5, 5.41) is 8.65. The third-order valence-electron chi connectivity index (χ3n) is 5.85. The second kappa shape index (κ2) is 12.8. The molecule has 0 aromatic carbocycles. The van der Waals surface area contributed by atoms with E-state index in [2.05, 4.69) is 13.8 Å². The number of aliphatic carboxylic acids is 1. The van der Waals surface area contributed by atoms with E-state index in [0.29, 0.717) is 6.42 Å². The van der Waals surface area contributed by atoms with Gasteiger partial charge in [0.25, 0.3) is 0 Å². The molecule has 1 N–H and O–H groups in total. The molecule has 23 heavy (non-hydrogen) atoms. The quantitative estimate of drug-likeness (QED) is 0.356. The van der Waals surface area contributed by atoms with Gasteiger partial charge < -0.3 is 5.11 Å². The lowest BCUT2D eigenvalue weighted by molar-refractivity contribution is -0.137. The molecule has 1 aliphatic carbocycles. The third-order valence-corrected chi connectivity index (χ3v) is 5.85. The van der Waals surface area contributed by atoms with E-state index in [-0.39, 0.29) is 0 Å². The summed E-state index contributed by atoms with van der Waals surface area (Å²) in [6, 6.07) is 0. The van der Waals surface area contributed by atoms with Gasteiger partial charge in [-0.2, -0.15) is 0 Å². The van der Waals surface area contributed by atoms with Gasteiger partial charge in [0.15, 0.2) is 0 Å². The highest BCUT2D eigenvalue weighted by atomic mass is 16.4. The Bertz CT molecular complexity index is 300. The molecule has 3 atom stereocenters. The molecule has 1 saturated carbocycles. The summed E-state index contributed by atoms with van der Waals surface area (Å²) in [4.78, 5) is 10.5. The van der Waals surface area contributed by atoms with E-state index in [0.717, 1.165) is 30.6 Å². The number of carbonyl (C=O) groups is 1. The van der Waals surface area contributed by atoms with Crippen LogP contribution in [0.2, 0.25) is 0 Å². The van der Waals surface area contributed by atoms with Gasteiger partial charge in [0.2, 0.25) is 0 Å². The fourth-order valence-electron chi connectivity index (χ4n) is 4.34. The van der Waals surface area contributed by atoms with Gasteiger partial charge in [0.05, 0.1) is 0 Å². The maximum atomic E-state index is 10.5. The van der Waals surface area contributed by atoms with Crippen molar-refractivity contribution in [1.82, 2.24) is 0 Å². The van der Waals surface area contributed by atoms with Crippen LogP contribution in [0.5, 0.6) is 0 Å². The van der Waals surface area contributed by atoms with Gasteiger partial charge in [0, 0.05) is 6.42 Å². The average molecular weight is 325 g/mol. The summed E-state index contributed by atoms with van der Waals surface area (Å²) >= 11 is 0. The van der Waals surface area contributed by atoms with E-state index in [1.54, 1.807) is 0 Å². The molecule has 0 heterocycles. The van der Waals surface area contributed by atoms with Gasteiger partial charge in [-0.05, 0) is 24.2 Å². The van der Waals surface area contributed by atoms with E-state index in [1.165, 1.54) is 77.0 Å².